The van der Waals surface area contributed by atoms with Crippen LogP contribution in [0.15, 0.2) is 65.5 Å². The molecule has 8 nitrogen and oxygen atoms in total. The van der Waals surface area contributed by atoms with Crippen molar-refractivity contribution in [3.8, 4) is 0 Å². The molecule has 1 unspecified atom stereocenters. The maximum atomic E-state index is 13.6. The van der Waals surface area contributed by atoms with Crippen molar-refractivity contribution in [2.24, 2.45) is 0 Å². The standard InChI is InChI=1S/C29H31N3O5/c1-2-36-27(33)14-15-31-26-17-21(28(34)30-18-23-10-6-16-37-23)12-13-25(26)32(29(31)35)19-22-9-5-8-20-7-3-4-11-24(20)22/h3-5,7-9,11-13,17,23H,2,6,10,14-16,18-19H2,1H3,(H,30,34). The summed E-state index contributed by atoms with van der Waals surface area (Å²) in [6, 6.07) is 19.4. The van der Waals surface area contributed by atoms with E-state index >= 15 is 0 Å². The Bertz CT molecular complexity index is 1490. The van der Waals surface area contributed by atoms with Gasteiger partial charge in [0.2, 0.25) is 0 Å². The number of rotatable bonds is 9. The minimum absolute atomic E-state index is 0.0391. The highest BCUT2D eigenvalue weighted by Gasteiger charge is 2.20. The lowest BCUT2D eigenvalue weighted by molar-refractivity contribution is -0.143. The summed E-state index contributed by atoms with van der Waals surface area (Å²) in [6.45, 7) is 3.75. The number of hydrogen-bond acceptors (Lipinski definition) is 5. The van der Waals surface area contributed by atoms with Gasteiger partial charge in [0.15, 0.2) is 0 Å². The largest absolute Gasteiger partial charge is 0.466 e. The molecule has 1 atom stereocenters. The van der Waals surface area contributed by atoms with Gasteiger partial charge in [0.05, 0.1) is 36.7 Å². The van der Waals surface area contributed by atoms with Crippen molar-refractivity contribution in [3.05, 3.63) is 82.3 Å². The van der Waals surface area contributed by atoms with Gasteiger partial charge in [0, 0.05) is 25.3 Å². The normalized spacial score (nSPS) is 15.3. The van der Waals surface area contributed by atoms with Crippen LogP contribution in [0.5, 0.6) is 0 Å². The lowest BCUT2D eigenvalue weighted by atomic mass is 10.0. The fourth-order valence-corrected chi connectivity index (χ4v) is 4.98. The van der Waals surface area contributed by atoms with E-state index in [-0.39, 0.29) is 43.2 Å². The second kappa shape index (κ2) is 11.0. The SMILES string of the molecule is CCOC(=O)CCn1c(=O)n(Cc2cccc3ccccc23)c2ccc(C(=O)NCC3CCCO3)cc21. The van der Waals surface area contributed by atoms with Crippen molar-refractivity contribution in [3.63, 3.8) is 0 Å². The van der Waals surface area contributed by atoms with Crippen LogP contribution in [0.3, 0.4) is 0 Å². The Morgan fingerprint density at radius 1 is 1.05 bits per heavy atom. The number of carbonyl (C=O) groups excluding carboxylic acids is 2. The fourth-order valence-electron chi connectivity index (χ4n) is 4.98. The van der Waals surface area contributed by atoms with E-state index in [9.17, 15) is 14.4 Å². The number of benzene rings is 3. The molecular formula is C29H31N3O5. The number of nitrogens with one attached hydrogen (secondary N) is 1. The van der Waals surface area contributed by atoms with Crippen LogP contribution in [0.2, 0.25) is 0 Å². The highest BCUT2D eigenvalue weighted by molar-refractivity contribution is 5.97. The van der Waals surface area contributed by atoms with E-state index in [0.717, 1.165) is 35.8 Å². The van der Waals surface area contributed by atoms with Crippen LogP contribution in [0.25, 0.3) is 21.8 Å². The molecule has 1 N–H and O–H groups in total. The molecule has 1 aromatic heterocycles. The number of carbonyl (C=O) groups is 2. The van der Waals surface area contributed by atoms with E-state index in [2.05, 4.69) is 5.32 Å². The highest BCUT2D eigenvalue weighted by atomic mass is 16.5. The summed E-state index contributed by atoms with van der Waals surface area (Å²) >= 11 is 0. The van der Waals surface area contributed by atoms with Crippen LogP contribution in [0.1, 0.15) is 42.1 Å². The maximum absolute atomic E-state index is 13.6. The van der Waals surface area contributed by atoms with Gasteiger partial charge in [-0.1, -0.05) is 42.5 Å². The first-order valence-electron chi connectivity index (χ1n) is 12.8. The molecule has 1 aliphatic heterocycles. The van der Waals surface area contributed by atoms with Gasteiger partial charge in [-0.25, -0.2) is 4.79 Å². The summed E-state index contributed by atoms with van der Waals surface area (Å²) in [5.74, 6) is -0.585. The van der Waals surface area contributed by atoms with Gasteiger partial charge in [-0.3, -0.25) is 18.7 Å². The van der Waals surface area contributed by atoms with Crippen molar-refractivity contribution >= 4 is 33.7 Å². The third kappa shape index (κ3) is 5.29. The zero-order valence-electron chi connectivity index (χ0n) is 20.9. The number of fused-ring (bicyclic) bond motifs is 2. The third-order valence-corrected chi connectivity index (χ3v) is 6.85. The van der Waals surface area contributed by atoms with Crippen molar-refractivity contribution in [2.45, 2.75) is 45.4 Å². The van der Waals surface area contributed by atoms with Crippen LogP contribution in [0.4, 0.5) is 0 Å². The van der Waals surface area contributed by atoms with Crippen molar-refractivity contribution in [1.29, 1.82) is 0 Å². The summed E-state index contributed by atoms with van der Waals surface area (Å²) in [5, 5.41) is 5.12. The summed E-state index contributed by atoms with van der Waals surface area (Å²) in [4.78, 5) is 38.6. The zero-order valence-corrected chi connectivity index (χ0v) is 20.9. The monoisotopic (exact) mass is 501 g/mol. The van der Waals surface area contributed by atoms with Crippen LogP contribution in [-0.4, -0.2) is 46.9 Å². The molecule has 1 saturated heterocycles. The van der Waals surface area contributed by atoms with Gasteiger partial charge in [-0.15, -0.1) is 0 Å². The quantitative estimate of drug-likeness (QED) is 0.352. The Kier molecular flexibility index (Phi) is 7.37. The van der Waals surface area contributed by atoms with Crippen LogP contribution >= 0.6 is 0 Å². The molecule has 1 fully saturated rings. The van der Waals surface area contributed by atoms with Gasteiger partial charge in [0.1, 0.15) is 0 Å². The lowest BCUT2D eigenvalue weighted by Gasteiger charge is -2.11. The highest BCUT2D eigenvalue weighted by Crippen LogP contribution is 2.22. The van der Waals surface area contributed by atoms with E-state index < -0.39 is 0 Å². The fraction of sp³-hybridized carbons (Fsp3) is 0.345. The predicted octanol–water partition coefficient (Wildman–Crippen LogP) is 3.87. The molecule has 192 valence electrons. The summed E-state index contributed by atoms with van der Waals surface area (Å²) in [5.41, 5.74) is 2.56. The minimum atomic E-state index is -0.366. The summed E-state index contributed by atoms with van der Waals surface area (Å²) in [7, 11) is 0. The smallest absolute Gasteiger partial charge is 0.329 e. The first-order chi connectivity index (χ1) is 18.0. The molecule has 0 bridgehead atoms. The topological polar surface area (TPSA) is 91.6 Å². The maximum Gasteiger partial charge on any atom is 0.329 e. The number of aryl methyl sites for hydroxylation is 1. The van der Waals surface area contributed by atoms with Crippen molar-refractivity contribution in [1.82, 2.24) is 14.5 Å². The predicted molar refractivity (Wildman–Crippen MR) is 142 cm³/mol. The summed E-state index contributed by atoms with van der Waals surface area (Å²) < 4.78 is 13.9. The second-order valence-corrected chi connectivity index (χ2v) is 9.26. The molecule has 5 rings (SSSR count). The van der Waals surface area contributed by atoms with Gasteiger partial charge < -0.3 is 14.8 Å². The Labute approximate surface area is 214 Å². The average Bonchev–Trinajstić information content (AvgIpc) is 3.52. The molecular weight excluding hydrogens is 470 g/mol. The lowest BCUT2D eigenvalue weighted by Crippen LogP contribution is -2.31. The number of aromatic nitrogens is 2. The Balaban J connectivity index is 1.50. The van der Waals surface area contributed by atoms with Gasteiger partial charge in [-0.05, 0) is 54.3 Å². The van der Waals surface area contributed by atoms with Gasteiger partial charge in [-0.2, -0.15) is 0 Å². The molecule has 2 heterocycles. The number of amides is 1. The van der Waals surface area contributed by atoms with Crippen LogP contribution in [-0.2, 0) is 27.4 Å². The molecule has 0 radical (unpaired) electrons. The van der Waals surface area contributed by atoms with E-state index in [1.165, 1.54) is 0 Å². The third-order valence-electron chi connectivity index (χ3n) is 6.85. The number of ether oxygens (including phenoxy) is 2. The molecule has 3 aromatic carbocycles. The van der Waals surface area contributed by atoms with Gasteiger partial charge >= 0.3 is 11.7 Å². The first-order valence-corrected chi connectivity index (χ1v) is 12.8. The first kappa shape index (κ1) is 24.8. The molecule has 8 heteroatoms. The molecule has 4 aromatic rings. The molecule has 0 saturated carbocycles. The van der Waals surface area contributed by atoms with E-state index in [1.807, 2.05) is 48.5 Å². The Hall–Kier alpha value is -3.91. The molecule has 0 spiro atoms. The van der Waals surface area contributed by atoms with Crippen LogP contribution in [0, 0.1) is 0 Å². The van der Waals surface area contributed by atoms with E-state index in [1.54, 1.807) is 28.2 Å². The number of nitrogens with zero attached hydrogens (tertiary/aromatic N) is 2. The van der Waals surface area contributed by atoms with Crippen molar-refractivity contribution < 1.29 is 19.1 Å². The van der Waals surface area contributed by atoms with Gasteiger partial charge in [0.25, 0.3) is 5.91 Å². The average molecular weight is 502 g/mol. The second-order valence-electron chi connectivity index (χ2n) is 9.26. The number of hydrogen-bond donors (Lipinski definition) is 1. The van der Waals surface area contributed by atoms with Crippen molar-refractivity contribution in [2.75, 3.05) is 19.8 Å². The molecule has 37 heavy (non-hydrogen) atoms. The Morgan fingerprint density at radius 2 is 1.89 bits per heavy atom. The number of esters is 1. The van der Waals surface area contributed by atoms with E-state index in [0.29, 0.717) is 29.7 Å². The molecule has 1 aliphatic rings. The van der Waals surface area contributed by atoms with E-state index in [4.69, 9.17) is 9.47 Å². The zero-order chi connectivity index (χ0) is 25.8. The Morgan fingerprint density at radius 3 is 2.70 bits per heavy atom. The van der Waals surface area contributed by atoms with Crippen LogP contribution < -0.4 is 11.0 Å². The molecule has 0 aliphatic carbocycles. The number of imidazole rings is 1. The summed E-state index contributed by atoms with van der Waals surface area (Å²) in [6.07, 6.45) is 2.04. The molecule has 1 amide bonds. The minimum Gasteiger partial charge on any atom is -0.466 e.